The van der Waals surface area contributed by atoms with E-state index in [1.165, 1.54) is 12.1 Å². The maximum atomic E-state index is 13.1. The van der Waals surface area contributed by atoms with Crippen molar-refractivity contribution in [3.05, 3.63) is 35.8 Å². The largest absolute Gasteiger partial charge is 0.337 e. The van der Waals surface area contributed by atoms with Crippen molar-refractivity contribution in [3.8, 4) is 11.5 Å². The number of nitrogens with one attached hydrogen (secondary N) is 1. The highest BCUT2D eigenvalue weighted by Crippen LogP contribution is 2.21. The molecule has 0 saturated carbocycles. The average molecular weight is 230 g/mol. The molecule has 0 aliphatic rings. The van der Waals surface area contributed by atoms with Crippen molar-refractivity contribution >= 4 is 11.0 Å². The summed E-state index contributed by atoms with van der Waals surface area (Å²) in [5, 5.41) is 4.26. The number of fused-ring (bicyclic) bond motifs is 1. The number of hydrogen-bond donors (Lipinski definition) is 1. The number of aromatic nitrogens is 4. The molecule has 5 heteroatoms. The van der Waals surface area contributed by atoms with Gasteiger partial charge in [-0.25, -0.2) is 9.37 Å². The predicted molar refractivity (Wildman–Crippen MR) is 63.0 cm³/mol. The molecule has 0 spiro atoms. The van der Waals surface area contributed by atoms with Crippen LogP contribution in [0.25, 0.3) is 22.6 Å². The second-order valence-electron chi connectivity index (χ2n) is 4.04. The summed E-state index contributed by atoms with van der Waals surface area (Å²) < 4.78 is 14.8. The van der Waals surface area contributed by atoms with Gasteiger partial charge in [-0.2, -0.15) is 5.10 Å². The SMILES string of the molecule is Cc1cc(-c2nc3ccc(F)cc3[nH]2)n(C)n1. The first kappa shape index (κ1) is 10.0. The fourth-order valence-electron chi connectivity index (χ4n) is 1.94. The number of H-pyrrole nitrogens is 1. The lowest BCUT2D eigenvalue weighted by atomic mass is 10.3. The van der Waals surface area contributed by atoms with Crippen molar-refractivity contribution in [3.63, 3.8) is 0 Å². The van der Waals surface area contributed by atoms with Crippen LogP contribution in [0.1, 0.15) is 5.69 Å². The number of imidazole rings is 1. The van der Waals surface area contributed by atoms with Gasteiger partial charge in [-0.05, 0) is 31.2 Å². The molecule has 0 aliphatic carbocycles. The second kappa shape index (κ2) is 3.41. The van der Waals surface area contributed by atoms with Crippen LogP contribution in [0.15, 0.2) is 24.3 Å². The molecule has 0 atom stereocenters. The lowest BCUT2D eigenvalue weighted by Crippen LogP contribution is -1.94. The van der Waals surface area contributed by atoms with Crippen LogP contribution in [-0.2, 0) is 7.05 Å². The summed E-state index contributed by atoms with van der Waals surface area (Å²) in [6, 6.07) is 6.44. The van der Waals surface area contributed by atoms with E-state index in [1.54, 1.807) is 10.7 Å². The van der Waals surface area contributed by atoms with Gasteiger partial charge in [0.25, 0.3) is 0 Å². The lowest BCUT2D eigenvalue weighted by molar-refractivity contribution is 0.629. The van der Waals surface area contributed by atoms with E-state index in [2.05, 4.69) is 15.1 Å². The first-order valence-corrected chi connectivity index (χ1v) is 5.30. The Bertz CT molecular complexity index is 696. The van der Waals surface area contributed by atoms with Gasteiger partial charge in [0, 0.05) is 7.05 Å². The summed E-state index contributed by atoms with van der Waals surface area (Å²) in [4.78, 5) is 7.51. The van der Waals surface area contributed by atoms with E-state index in [-0.39, 0.29) is 5.82 Å². The van der Waals surface area contributed by atoms with E-state index in [0.717, 1.165) is 16.9 Å². The average Bonchev–Trinajstić information content (AvgIpc) is 2.80. The van der Waals surface area contributed by atoms with E-state index in [0.29, 0.717) is 11.3 Å². The molecule has 86 valence electrons. The molecule has 2 aromatic heterocycles. The number of benzene rings is 1. The third kappa shape index (κ3) is 1.60. The van der Waals surface area contributed by atoms with Gasteiger partial charge < -0.3 is 4.98 Å². The normalized spacial score (nSPS) is 11.2. The van der Waals surface area contributed by atoms with Gasteiger partial charge in [0.2, 0.25) is 0 Å². The van der Waals surface area contributed by atoms with Crippen molar-refractivity contribution in [1.29, 1.82) is 0 Å². The minimum Gasteiger partial charge on any atom is -0.337 e. The van der Waals surface area contributed by atoms with Crippen molar-refractivity contribution < 1.29 is 4.39 Å². The fraction of sp³-hybridized carbons (Fsp3) is 0.167. The fourth-order valence-corrected chi connectivity index (χ4v) is 1.94. The Labute approximate surface area is 97.1 Å². The summed E-state index contributed by atoms with van der Waals surface area (Å²) in [5.41, 5.74) is 3.26. The summed E-state index contributed by atoms with van der Waals surface area (Å²) >= 11 is 0. The highest BCUT2D eigenvalue weighted by molar-refractivity contribution is 5.78. The predicted octanol–water partition coefficient (Wildman–Crippen LogP) is 2.41. The molecule has 0 amide bonds. The third-order valence-corrected chi connectivity index (χ3v) is 2.69. The zero-order valence-electron chi connectivity index (χ0n) is 9.53. The van der Waals surface area contributed by atoms with Gasteiger partial charge in [-0.3, -0.25) is 4.68 Å². The zero-order chi connectivity index (χ0) is 12.0. The van der Waals surface area contributed by atoms with Crippen molar-refractivity contribution in [1.82, 2.24) is 19.7 Å². The van der Waals surface area contributed by atoms with Crippen LogP contribution >= 0.6 is 0 Å². The lowest BCUT2D eigenvalue weighted by Gasteiger charge is -1.95. The third-order valence-electron chi connectivity index (χ3n) is 2.69. The molecule has 1 N–H and O–H groups in total. The Balaban J connectivity index is 2.21. The van der Waals surface area contributed by atoms with Crippen LogP contribution in [0.4, 0.5) is 4.39 Å². The van der Waals surface area contributed by atoms with Gasteiger partial charge in [-0.15, -0.1) is 0 Å². The molecule has 2 heterocycles. The summed E-state index contributed by atoms with van der Waals surface area (Å²) in [6.45, 7) is 1.92. The molecular weight excluding hydrogens is 219 g/mol. The van der Waals surface area contributed by atoms with Gasteiger partial charge in [-0.1, -0.05) is 0 Å². The molecule has 3 aromatic rings. The first-order chi connectivity index (χ1) is 8.13. The quantitative estimate of drug-likeness (QED) is 0.697. The smallest absolute Gasteiger partial charge is 0.156 e. The number of nitrogens with zero attached hydrogens (tertiary/aromatic N) is 3. The monoisotopic (exact) mass is 230 g/mol. The van der Waals surface area contributed by atoms with Crippen molar-refractivity contribution in [2.24, 2.45) is 7.05 Å². The van der Waals surface area contributed by atoms with Crippen LogP contribution in [0.2, 0.25) is 0 Å². The minimum absolute atomic E-state index is 0.270. The molecule has 0 radical (unpaired) electrons. The number of rotatable bonds is 1. The van der Waals surface area contributed by atoms with Crippen LogP contribution in [-0.4, -0.2) is 19.7 Å². The highest BCUT2D eigenvalue weighted by Gasteiger charge is 2.10. The van der Waals surface area contributed by atoms with Gasteiger partial charge in [0.15, 0.2) is 5.82 Å². The second-order valence-corrected chi connectivity index (χ2v) is 4.04. The molecule has 4 nitrogen and oxygen atoms in total. The standard InChI is InChI=1S/C12H11FN4/c1-7-5-11(17(2)16-7)12-14-9-4-3-8(13)6-10(9)15-12/h3-6H,1-2H3,(H,14,15). The van der Waals surface area contributed by atoms with Gasteiger partial charge in [0.05, 0.1) is 16.7 Å². The summed E-state index contributed by atoms with van der Waals surface area (Å²) in [5.74, 6) is 0.433. The molecule has 1 aromatic carbocycles. The number of hydrogen-bond acceptors (Lipinski definition) is 2. The Morgan fingerprint density at radius 3 is 2.82 bits per heavy atom. The van der Waals surface area contributed by atoms with Gasteiger partial charge >= 0.3 is 0 Å². The summed E-state index contributed by atoms with van der Waals surface area (Å²) in [6.07, 6.45) is 0. The zero-order valence-corrected chi connectivity index (χ0v) is 9.53. The molecule has 0 saturated heterocycles. The molecule has 0 fully saturated rings. The van der Waals surface area contributed by atoms with E-state index >= 15 is 0 Å². The topological polar surface area (TPSA) is 46.5 Å². The van der Waals surface area contributed by atoms with E-state index < -0.39 is 0 Å². The molecule has 3 rings (SSSR count). The number of aromatic amines is 1. The Morgan fingerprint density at radius 2 is 2.12 bits per heavy atom. The number of halogens is 1. The van der Waals surface area contributed by atoms with Crippen LogP contribution < -0.4 is 0 Å². The van der Waals surface area contributed by atoms with Crippen molar-refractivity contribution in [2.45, 2.75) is 6.92 Å². The maximum Gasteiger partial charge on any atom is 0.156 e. The van der Waals surface area contributed by atoms with E-state index in [9.17, 15) is 4.39 Å². The van der Waals surface area contributed by atoms with Crippen LogP contribution in [0, 0.1) is 12.7 Å². The molecule has 0 bridgehead atoms. The van der Waals surface area contributed by atoms with Crippen LogP contribution in [0.5, 0.6) is 0 Å². The molecular formula is C12H11FN4. The van der Waals surface area contributed by atoms with Crippen molar-refractivity contribution in [2.75, 3.05) is 0 Å². The maximum absolute atomic E-state index is 13.1. The highest BCUT2D eigenvalue weighted by atomic mass is 19.1. The Kier molecular flexibility index (Phi) is 2.01. The molecule has 17 heavy (non-hydrogen) atoms. The van der Waals surface area contributed by atoms with E-state index in [1.807, 2.05) is 20.0 Å². The minimum atomic E-state index is -0.270. The first-order valence-electron chi connectivity index (χ1n) is 5.30. The van der Waals surface area contributed by atoms with E-state index in [4.69, 9.17) is 0 Å². The molecule has 0 unspecified atom stereocenters. The Hall–Kier alpha value is -2.17. The number of aryl methyl sites for hydroxylation is 2. The van der Waals surface area contributed by atoms with Crippen LogP contribution in [0.3, 0.4) is 0 Å². The Morgan fingerprint density at radius 1 is 1.29 bits per heavy atom. The summed E-state index contributed by atoms with van der Waals surface area (Å²) in [7, 11) is 1.86. The molecule has 0 aliphatic heterocycles. The van der Waals surface area contributed by atoms with Gasteiger partial charge in [0.1, 0.15) is 11.5 Å².